The zero-order chi connectivity index (χ0) is 14.8. The summed E-state index contributed by atoms with van der Waals surface area (Å²) in [5, 5.41) is 11.7. The third-order valence-corrected chi connectivity index (χ3v) is 4.21. The Morgan fingerprint density at radius 1 is 1.33 bits per heavy atom. The molecule has 108 valence electrons. The smallest absolute Gasteiger partial charge is 0.326 e. The SMILES string of the molecule is N#Cc1ccc2c(c1)[nH]c(=O)n2[C@H]1CC[C@H](NC=O)CC1. The summed E-state index contributed by atoms with van der Waals surface area (Å²) < 4.78 is 1.79. The predicted octanol–water partition coefficient (Wildman–Crippen LogP) is 1.43. The van der Waals surface area contributed by atoms with Crippen LogP contribution in [0.4, 0.5) is 0 Å². The first-order valence-electron chi connectivity index (χ1n) is 7.07. The van der Waals surface area contributed by atoms with Crippen LogP contribution in [-0.2, 0) is 4.79 Å². The van der Waals surface area contributed by atoms with Crippen LogP contribution < -0.4 is 11.0 Å². The molecular weight excluding hydrogens is 268 g/mol. The van der Waals surface area contributed by atoms with Crippen molar-refractivity contribution in [1.82, 2.24) is 14.9 Å². The number of hydrogen-bond donors (Lipinski definition) is 2. The third-order valence-electron chi connectivity index (χ3n) is 4.21. The zero-order valence-corrected chi connectivity index (χ0v) is 11.5. The van der Waals surface area contributed by atoms with Gasteiger partial charge in [0.05, 0.1) is 22.7 Å². The highest BCUT2D eigenvalue weighted by atomic mass is 16.1. The second-order valence-electron chi connectivity index (χ2n) is 5.43. The summed E-state index contributed by atoms with van der Waals surface area (Å²) in [4.78, 5) is 25.5. The molecule has 0 radical (unpaired) electrons. The van der Waals surface area contributed by atoms with E-state index in [9.17, 15) is 9.59 Å². The quantitative estimate of drug-likeness (QED) is 0.835. The van der Waals surface area contributed by atoms with Gasteiger partial charge in [0.25, 0.3) is 0 Å². The number of hydrogen-bond acceptors (Lipinski definition) is 3. The fraction of sp³-hybridized carbons (Fsp3) is 0.400. The molecular formula is C15H16N4O2. The molecule has 6 heteroatoms. The van der Waals surface area contributed by atoms with Gasteiger partial charge in [0, 0.05) is 12.1 Å². The molecule has 1 aliphatic rings. The van der Waals surface area contributed by atoms with E-state index in [1.165, 1.54) is 0 Å². The molecule has 2 aromatic rings. The number of nitrogens with zero attached hydrogens (tertiary/aromatic N) is 2. The first-order valence-corrected chi connectivity index (χ1v) is 7.07. The average Bonchev–Trinajstić information content (AvgIpc) is 2.83. The molecule has 0 bridgehead atoms. The molecule has 1 amide bonds. The Labute approximate surface area is 121 Å². The lowest BCUT2D eigenvalue weighted by atomic mass is 9.91. The van der Waals surface area contributed by atoms with Crippen LogP contribution in [0.1, 0.15) is 37.3 Å². The van der Waals surface area contributed by atoms with Crippen molar-refractivity contribution < 1.29 is 4.79 Å². The molecule has 0 atom stereocenters. The number of carbonyl (C=O) groups excluding carboxylic acids is 1. The summed E-state index contributed by atoms with van der Waals surface area (Å²) in [5.74, 6) is 0. The largest absolute Gasteiger partial charge is 0.356 e. The number of amides is 1. The minimum Gasteiger partial charge on any atom is -0.356 e. The number of aromatic amines is 1. The molecule has 0 saturated heterocycles. The monoisotopic (exact) mass is 284 g/mol. The van der Waals surface area contributed by atoms with E-state index in [-0.39, 0.29) is 17.8 Å². The topological polar surface area (TPSA) is 90.7 Å². The van der Waals surface area contributed by atoms with Gasteiger partial charge in [-0.15, -0.1) is 0 Å². The summed E-state index contributed by atoms with van der Waals surface area (Å²) in [6.45, 7) is 0. The second-order valence-corrected chi connectivity index (χ2v) is 5.43. The minimum absolute atomic E-state index is 0.133. The highest BCUT2D eigenvalue weighted by molar-refractivity contribution is 5.77. The molecule has 3 rings (SSSR count). The van der Waals surface area contributed by atoms with E-state index in [4.69, 9.17) is 5.26 Å². The molecule has 6 nitrogen and oxygen atoms in total. The number of fused-ring (bicyclic) bond motifs is 1. The van der Waals surface area contributed by atoms with Crippen LogP contribution in [0.2, 0.25) is 0 Å². The van der Waals surface area contributed by atoms with Gasteiger partial charge in [-0.25, -0.2) is 4.79 Å². The molecule has 1 fully saturated rings. The van der Waals surface area contributed by atoms with Crippen molar-refractivity contribution in [3.05, 3.63) is 34.2 Å². The zero-order valence-electron chi connectivity index (χ0n) is 11.5. The molecule has 1 aliphatic carbocycles. The first-order chi connectivity index (χ1) is 10.2. The Morgan fingerprint density at radius 3 is 2.76 bits per heavy atom. The lowest BCUT2D eigenvalue weighted by molar-refractivity contribution is -0.110. The summed E-state index contributed by atoms with van der Waals surface area (Å²) in [5.41, 5.74) is 1.94. The van der Waals surface area contributed by atoms with Crippen LogP contribution in [0.25, 0.3) is 11.0 Å². The fourth-order valence-electron chi connectivity index (χ4n) is 3.16. The molecule has 21 heavy (non-hydrogen) atoms. The summed E-state index contributed by atoms with van der Waals surface area (Å²) in [7, 11) is 0. The van der Waals surface area contributed by atoms with Gasteiger partial charge in [-0.05, 0) is 43.9 Å². The molecule has 0 aliphatic heterocycles. The Balaban J connectivity index is 1.91. The standard InChI is InChI=1S/C15H16N4O2/c16-8-10-1-6-14-13(7-10)18-15(21)19(14)12-4-2-11(3-5-12)17-9-20/h1,6-7,9,11-12H,2-5H2,(H,17,20)(H,18,21)/t11-,12-. The van der Waals surface area contributed by atoms with E-state index >= 15 is 0 Å². The maximum absolute atomic E-state index is 12.2. The molecule has 1 heterocycles. The molecule has 1 aromatic heterocycles. The first kappa shape index (κ1) is 13.4. The summed E-state index contributed by atoms with van der Waals surface area (Å²) >= 11 is 0. The number of imidazole rings is 1. The van der Waals surface area contributed by atoms with Crippen molar-refractivity contribution in [3.63, 3.8) is 0 Å². The van der Waals surface area contributed by atoms with Gasteiger partial charge < -0.3 is 10.3 Å². The van der Waals surface area contributed by atoms with Crippen molar-refractivity contribution in [2.75, 3.05) is 0 Å². The van der Waals surface area contributed by atoms with Gasteiger partial charge >= 0.3 is 5.69 Å². The number of carbonyl (C=O) groups is 1. The average molecular weight is 284 g/mol. The van der Waals surface area contributed by atoms with Gasteiger partial charge in [0.1, 0.15) is 0 Å². The van der Waals surface area contributed by atoms with E-state index in [0.29, 0.717) is 11.1 Å². The number of nitrogens with one attached hydrogen (secondary N) is 2. The second kappa shape index (κ2) is 5.44. The maximum atomic E-state index is 12.2. The fourth-order valence-corrected chi connectivity index (χ4v) is 3.16. The van der Waals surface area contributed by atoms with Crippen molar-refractivity contribution >= 4 is 17.4 Å². The van der Waals surface area contributed by atoms with E-state index in [1.54, 1.807) is 16.7 Å². The Hall–Kier alpha value is -2.55. The molecule has 0 unspecified atom stereocenters. The van der Waals surface area contributed by atoms with Crippen LogP contribution in [0.3, 0.4) is 0 Å². The van der Waals surface area contributed by atoms with Gasteiger partial charge in [-0.2, -0.15) is 5.26 Å². The Kier molecular flexibility index (Phi) is 3.48. The lowest BCUT2D eigenvalue weighted by Crippen LogP contribution is -2.34. The number of aromatic nitrogens is 2. The summed E-state index contributed by atoms with van der Waals surface area (Å²) in [6, 6.07) is 7.68. The number of benzene rings is 1. The van der Waals surface area contributed by atoms with Crippen molar-refractivity contribution in [1.29, 1.82) is 5.26 Å². The summed E-state index contributed by atoms with van der Waals surface area (Å²) in [6.07, 6.45) is 4.21. The van der Waals surface area contributed by atoms with E-state index < -0.39 is 0 Å². The molecule has 0 spiro atoms. The van der Waals surface area contributed by atoms with Crippen molar-refractivity contribution in [3.8, 4) is 6.07 Å². The minimum atomic E-state index is -0.133. The van der Waals surface area contributed by atoms with E-state index in [1.807, 2.05) is 6.07 Å². The number of nitriles is 1. The van der Waals surface area contributed by atoms with Crippen LogP contribution in [0, 0.1) is 11.3 Å². The Bertz CT molecular complexity index is 760. The normalized spacial score (nSPS) is 21.9. The van der Waals surface area contributed by atoms with Crippen LogP contribution in [-0.4, -0.2) is 22.0 Å². The third kappa shape index (κ3) is 2.42. The van der Waals surface area contributed by atoms with Crippen molar-refractivity contribution in [2.45, 2.75) is 37.8 Å². The highest BCUT2D eigenvalue weighted by Gasteiger charge is 2.24. The molecule has 2 N–H and O–H groups in total. The number of H-pyrrole nitrogens is 1. The Morgan fingerprint density at radius 2 is 2.10 bits per heavy atom. The van der Waals surface area contributed by atoms with Gasteiger partial charge in [0.15, 0.2) is 0 Å². The van der Waals surface area contributed by atoms with Crippen LogP contribution >= 0.6 is 0 Å². The van der Waals surface area contributed by atoms with E-state index in [0.717, 1.165) is 37.6 Å². The molecule has 1 saturated carbocycles. The number of rotatable bonds is 3. The predicted molar refractivity (Wildman–Crippen MR) is 77.8 cm³/mol. The van der Waals surface area contributed by atoms with Crippen LogP contribution in [0.5, 0.6) is 0 Å². The van der Waals surface area contributed by atoms with Gasteiger partial charge in [-0.3, -0.25) is 9.36 Å². The van der Waals surface area contributed by atoms with Crippen molar-refractivity contribution in [2.24, 2.45) is 0 Å². The lowest BCUT2D eigenvalue weighted by Gasteiger charge is -2.28. The highest BCUT2D eigenvalue weighted by Crippen LogP contribution is 2.29. The van der Waals surface area contributed by atoms with Crippen LogP contribution in [0.15, 0.2) is 23.0 Å². The van der Waals surface area contributed by atoms with E-state index in [2.05, 4.69) is 16.4 Å². The van der Waals surface area contributed by atoms with Gasteiger partial charge in [0.2, 0.25) is 6.41 Å². The molecule has 1 aromatic carbocycles. The maximum Gasteiger partial charge on any atom is 0.326 e. The van der Waals surface area contributed by atoms with Gasteiger partial charge in [-0.1, -0.05) is 0 Å².